The molecular formula is C17H16F2N2. The van der Waals surface area contributed by atoms with Gasteiger partial charge in [0.15, 0.2) is 11.6 Å². The van der Waals surface area contributed by atoms with Crippen LogP contribution in [0.2, 0.25) is 0 Å². The molecule has 0 radical (unpaired) electrons. The molecule has 2 nitrogen and oxygen atoms in total. The normalized spacial score (nSPS) is 11.2. The number of fused-ring (bicyclic) bond motifs is 1. The van der Waals surface area contributed by atoms with Crippen molar-refractivity contribution in [3.8, 4) is 0 Å². The molecule has 0 aliphatic heterocycles. The summed E-state index contributed by atoms with van der Waals surface area (Å²) in [5.41, 5.74) is 2.53. The summed E-state index contributed by atoms with van der Waals surface area (Å²) in [4.78, 5) is 0. The van der Waals surface area contributed by atoms with E-state index in [0.29, 0.717) is 12.1 Å². The van der Waals surface area contributed by atoms with Crippen molar-refractivity contribution in [3.05, 3.63) is 71.4 Å². The van der Waals surface area contributed by atoms with Crippen LogP contribution >= 0.6 is 0 Å². The summed E-state index contributed by atoms with van der Waals surface area (Å²) in [5, 5.41) is 4.20. The molecule has 0 aliphatic carbocycles. The van der Waals surface area contributed by atoms with Crippen molar-refractivity contribution in [2.75, 3.05) is 7.05 Å². The minimum atomic E-state index is -0.806. The van der Waals surface area contributed by atoms with Gasteiger partial charge in [0, 0.05) is 23.8 Å². The zero-order valence-electron chi connectivity index (χ0n) is 11.7. The highest BCUT2D eigenvalue weighted by atomic mass is 19.2. The molecule has 1 heterocycles. The maximum Gasteiger partial charge on any atom is 0.163 e. The summed E-state index contributed by atoms with van der Waals surface area (Å²) in [7, 11) is 1.89. The minimum absolute atomic E-state index is 0.316. The van der Waals surface area contributed by atoms with E-state index in [0.717, 1.165) is 29.1 Å². The predicted octanol–water partition coefficient (Wildman–Crippen LogP) is 3.69. The van der Waals surface area contributed by atoms with Crippen LogP contribution in [0.5, 0.6) is 0 Å². The average Bonchev–Trinajstić information content (AvgIpc) is 2.87. The fraction of sp³-hybridized carbons (Fsp3) is 0.176. The summed E-state index contributed by atoms with van der Waals surface area (Å²) in [6, 6.07) is 12.4. The predicted molar refractivity (Wildman–Crippen MR) is 80.2 cm³/mol. The lowest BCUT2D eigenvalue weighted by Crippen LogP contribution is -2.05. The van der Waals surface area contributed by atoms with Crippen molar-refractivity contribution in [1.29, 1.82) is 0 Å². The van der Waals surface area contributed by atoms with E-state index in [1.165, 1.54) is 6.07 Å². The van der Waals surface area contributed by atoms with Gasteiger partial charge in [0.05, 0.1) is 6.54 Å². The molecule has 2 aromatic carbocycles. The second-order valence-corrected chi connectivity index (χ2v) is 5.08. The number of halogens is 2. The van der Waals surface area contributed by atoms with E-state index in [9.17, 15) is 8.78 Å². The Kier molecular flexibility index (Phi) is 3.71. The largest absolute Gasteiger partial charge is 0.343 e. The maximum atomic E-state index is 13.8. The molecule has 4 heteroatoms. The molecule has 1 aromatic heterocycles. The summed E-state index contributed by atoms with van der Waals surface area (Å²) < 4.78 is 29.0. The average molecular weight is 286 g/mol. The monoisotopic (exact) mass is 286 g/mol. The molecule has 0 bridgehead atoms. The van der Waals surface area contributed by atoms with Gasteiger partial charge in [-0.05, 0) is 36.2 Å². The van der Waals surface area contributed by atoms with Gasteiger partial charge in [0.1, 0.15) is 0 Å². The van der Waals surface area contributed by atoms with E-state index in [1.54, 1.807) is 6.07 Å². The van der Waals surface area contributed by atoms with Crippen LogP contribution in [0.1, 0.15) is 11.1 Å². The standard InChI is InChI=1S/C17H16F2N2/c1-20-10-12-5-6-13-7-8-21(16(13)9-12)11-14-3-2-4-15(18)17(14)19/h2-9,20H,10-11H2,1H3. The molecule has 108 valence electrons. The van der Waals surface area contributed by atoms with E-state index < -0.39 is 11.6 Å². The highest BCUT2D eigenvalue weighted by Gasteiger charge is 2.09. The Balaban J connectivity index is 2.00. The van der Waals surface area contributed by atoms with Crippen LogP contribution in [-0.4, -0.2) is 11.6 Å². The van der Waals surface area contributed by atoms with Gasteiger partial charge in [-0.25, -0.2) is 8.78 Å². The topological polar surface area (TPSA) is 17.0 Å². The molecule has 21 heavy (non-hydrogen) atoms. The molecule has 0 amide bonds. The van der Waals surface area contributed by atoms with E-state index in [1.807, 2.05) is 29.9 Å². The first kappa shape index (κ1) is 13.8. The van der Waals surface area contributed by atoms with Crippen molar-refractivity contribution in [3.63, 3.8) is 0 Å². The van der Waals surface area contributed by atoms with Gasteiger partial charge in [-0.3, -0.25) is 0 Å². The minimum Gasteiger partial charge on any atom is -0.343 e. The third kappa shape index (κ3) is 2.67. The number of hydrogen-bond donors (Lipinski definition) is 1. The van der Waals surface area contributed by atoms with Crippen molar-refractivity contribution < 1.29 is 8.78 Å². The summed E-state index contributed by atoms with van der Waals surface area (Å²) in [6.45, 7) is 1.09. The molecule has 0 fully saturated rings. The SMILES string of the molecule is CNCc1ccc2ccn(Cc3cccc(F)c3F)c2c1. The smallest absolute Gasteiger partial charge is 0.163 e. The van der Waals surface area contributed by atoms with Crippen molar-refractivity contribution in [2.45, 2.75) is 13.1 Å². The fourth-order valence-electron chi connectivity index (χ4n) is 2.54. The summed E-state index contributed by atoms with van der Waals surface area (Å²) in [6.07, 6.45) is 1.90. The van der Waals surface area contributed by atoms with E-state index >= 15 is 0 Å². The lowest BCUT2D eigenvalue weighted by Gasteiger charge is -2.08. The Morgan fingerprint density at radius 3 is 2.76 bits per heavy atom. The van der Waals surface area contributed by atoms with E-state index in [-0.39, 0.29) is 0 Å². The number of hydrogen-bond acceptors (Lipinski definition) is 1. The van der Waals surface area contributed by atoms with Gasteiger partial charge >= 0.3 is 0 Å². The zero-order valence-corrected chi connectivity index (χ0v) is 11.7. The van der Waals surface area contributed by atoms with Gasteiger partial charge in [0.25, 0.3) is 0 Å². The van der Waals surface area contributed by atoms with Crippen LogP contribution in [0, 0.1) is 11.6 Å². The fourth-order valence-corrected chi connectivity index (χ4v) is 2.54. The van der Waals surface area contributed by atoms with Crippen LogP contribution in [0.4, 0.5) is 8.78 Å². The molecule has 0 spiro atoms. The summed E-state index contributed by atoms with van der Waals surface area (Å²) >= 11 is 0. The van der Waals surface area contributed by atoms with Crippen LogP contribution in [0.15, 0.2) is 48.7 Å². The van der Waals surface area contributed by atoms with Crippen LogP contribution in [0.25, 0.3) is 10.9 Å². The molecule has 0 aliphatic rings. The third-order valence-corrected chi connectivity index (χ3v) is 3.59. The lowest BCUT2D eigenvalue weighted by molar-refractivity contribution is 0.496. The van der Waals surface area contributed by atoms with Gasteiger partial charge in [-0.1, -0.05) is 24.3 Å². The maximum absolute atomic E-state index is 13.8. The number of nitrogens with zero attached hydrogens (tertiary/aromatic N) is 1. The Bertz CT molecular complexity index is 778. The highest BCUT2D eigenvalue weighted by molar-refractivity contribution is 5.81. The molecule has 3 rings (SSSR count). The van der Waals surface area contributed by atoms with Gasteiger partial charge in [-0.15, -0.1) is 0 Å². The number of rotatable bonds is 4. The lowest BCUT2D eigenvalue weighted by atomic mass is 10.1. The molecule has 0 unspecified atom stereocenters. The van der Waals surface area contributed by atoms with Gasteiger partial charge in [-0.2, -0.15) is 0 Å². The molecule has 0 atom stereocenters. The van der Waals surface area contributed by atoms with E-state index in [2.05, 4.69) is 17.4 Å². The molecule has 0 saturated carbocycles. The van der Waals surface area contributed by atoms with Crippen LogP contribution in [0.3, 0.4) is 0 Å². The third-order valence-electron chi connectivity index (χ3n) is 3.59. The second-order valence-electron chi connectivity index (χ2n) is 5.08. The first-order valence-electron chi connectivity index (χ1n) is 6.84. The molecule has 3 aromatic rings. The Labute approximate surface area is 122 Å². The number of aromatic nitrogens is 1. The van der Waals surface area contributed by atoms with Crippen molar-refractivity contribution in [2.24, 2.45) is 0 Å². The molecule has 0 saturated heterocycles. The Hall–Kier alpha value is -2.20. The second kappa shape index (κ2) is 5.66. The summed E-state index contributed by atoms with van der Waals surface area (Å²) in [5.74, 6) is -1.58. The van der Waals surface area contributed by atoms with E-state index in [4.69, 9.17) is 0 Å². The Morgan fingerprint density at radius 2 is 1.95 bits per heavy atom. The van der Waals surface area contributed by atoms with Gasteiger partial charge < -0.3 is 9.88 Å². The van der Waals surface area contributed by atoms with Crippen molar-refractivity contribution >= 4 is 10.9 Å². The quantitative estimate of drug-likeness (QED) is 0.774. The number of benzene rings is 2. The molecule has 1 N–H and O–H groups in total. The van der Waals surface area contributed by atoms with Crippen LogP contribution < -0.4 is 5.32 Å². The Morgan fingerprint density at radius 1 is 1.10 bits per heavy atom. The first-order valence-corrected chi connectivity index (χ1v) is 6.84. The highest BCUT2D eigenvalue weighted by Crippen LogP contribution is 2.20. The molecular weight excluding hydrogens is 270 g/mol. The first-order chi connectivity index (χ1) is 10.2. The van der Waals surface area contributed by atoms with Crippen LogP contribution in [-0.2, 0) is 13.1 Å². The van der Waals surface area contributed by atoms with Gasteiger partial charge in [0.2, 0.25) is 0 Å². The van der Waals surface area contributed by atoms with Crippen molar-refractivity contribution in [1.82, 2.24) is 9.88 Å². The number of nitrogens with one attached hydrogen (secondary N) is 1. The zero-order chi connectivity index (χ0) is 14.8.